The standard InChI is InChI=1S/C15H14FNOS/c1-10-8-12(16)2-3-13(10)15(18)17-6-4-14-11(9-17)5-7-19-14/h2-3,5,7-8H,4,6,9H2,1H3. The van der Waals surface area contributed by atoms with Gasteiger partial charge in [-0.15, -0.1) is 11.3 Å². The van der Waals surface area contributed by atoms with E-state index in [1.165, 1.54) is 22.6 Å². The van der Waals surface area contributed by atoms with Gasteiger partial charge in [-0.25, -0.2) is 4.39 Å². The van der Waals surface area contributed by atoms with Crippen LogP contribution in [0.3, 0.4) is 0 Å². The number of benzene rings is 1. The number of halogens is 1. The van der Waals surface area contributed by atoms with Gasteiger partial charge in [-0.1, -0.05) is 0 Å². The summed E-state index contributed by atoms with van der Waals surface area (Å²) in [4.78, 5) is 15.7. The first-order chi connectivity index (χ1) is 9.15. The second-order valence-corrected chi connectivity index (χ2v) is 5.81. The van der Waals surface area contributed by atoms with E-state index in [9.17, 15) is 9.18 Å². The van der Waals surface area contributed by atoms with Crippen LogP contribution in [0.1, 0.15) is 26.4 Å². The van der Waals surface area contributed by atoms with Crippen LogP contribution < -0.4 is 0 Å². The minimum atomic E-state index is -0.298. The number of fused-ring (bicyclic) bond motifs is 1. The zero-order chi connectivity index (χ0) is 13.4. The van der Waals surface area contributed by atoms with E-state index in [1.54, 1.807) is 24.3 Å². The maximum Gasteiger partial charge on any atom is 0.254 e. The molecule has 0 bridgehead atoms. The van der Waals surface area contributed by atoms with E-state index in [1.807, 2.05) is 4.90 Å². The van der Waals surface area contributed by atoms with Gasteiger partial charge in [0.15, 0.2) is 0 Å². The number of aryl methyl sites for hydroxylation is 1. The van der Waals surface area contributed by atoms with Crippen LogP contribution in [-0.2, 0) is 13.0 Å². The van der Waals surface area contributed by atoms with E-state index in [0.29, 0.717) is 17.7 Å². The molecule has 19 heavy (non-hydrogen) atoms. The zero-order valence-electron chi connectivity index (χ0n) is 10.6. The second-order valence-electron chi connectivity index (χ2n) is 4.80. The first kappa shape index (κ1) is 12.4. The van der Waals surface area contributed by atoms with Gasteiger partial charge in [0.05, 0.1) is 0 Å². The fourth-order valence-corrected chi connectivity index (χ4v) is 3.35. The summed E-state index contributed by atoms with van der Waals surface area (Å²) in [5.41, 5.74) is 2.53. The van der Waals surface area contributed by atoms with Crippen LogP contribution in [0.4, 0.5) is 4.39 Å². The molecule has 3 rings (SSSR count). The van der Waals surface area contributed by atoms with E-state index >= 15 is 0 Å². The van der Waals surface area contributed by atoms with Crippen molar-refractivity contribution in [3.63, 3.8) is 0 Å². The normalized spacial score (nSPS) is 14.3. The molecule has 0 saturated heterocycles. The Morgan fingerprint density at radius 1 is 1.37 bits per heavy atom. The molecule has 2 nitrogen and oxygen atoms in total. The van der Waals surface area contributed by atoms with Crippen molar-refractivity contribution in [2.45, 2.75) is 19.9 Å². The van der Waals surface area contributed by atoms with Crippen LogP contribution in [0, 0.1) is 12.7 Å². The maximum absolute atomic E-state index is 13.1. The summed E-state index contributed by atoms with van der Waals surface area (Å²) < 4.78 is 13.1. The predicted octanol–water partition coefficient (Wildman–Crippen LogP) is 3.39. The molecule has 0 fully saturated rings. The Bertz CT molecular complexity index is 635. The molecule has 0 radical (unpaired) electrons. The third-order valence-corrected chi connectivity index (χ3v) is 4.54. The van der Waals surface area contributed by atoms with E-state index in [4.69, 9.17) is 0 Å². The van der Waals surface area contributed by atoms with Crippen molar-refractivity contribution >= 4 is 17.2 Å². The highest BCUT2D eigenvalue weighted by molar-refractivity contribution is 7.10. The lowest BCUT2D eigenvalue weighted by Crippen LogP contribution is -2.35. The lowest BCUT2D eigenvalue weighted by atomic mass is 10.0. The van der Waals surface area contributed by atoms with Gasteiger partial charge in [0, 0.05) is 23.5 Å². The lowest BCUT2D eigenvalue weighted by Gasteiger charge is -2.27. The van der Waals surface area contributed by atoms with Crippen LogP contribution >= 0.6 is 11.3 Å². The minimum Gasteiger partial charge on any atom is -0.334 e. The van der Waals surface area contributed by atoms with E-state index in [-0.39, 0.29) is 11.7 Å². The number of carbonyl (C=O) groups is 1. The van der Waals surface area contributed by atoms with Crippen molar-refractivity contribution in [3.8, 4) is 0 Å². The van der Waals surface area contributed by atoms with E-state index in [0.717, 1.165) is 13.0 Å². The number of hydrogen-bond acceptors (Lipinski definition) is 2. The molecule has 1 aromatic carbocycles. The van der Waals surface area contributed by atoms with Crippen molar-refractivity contribution in [3.05, 3.63) is 57.0 Å². The Morgan fingerprint density at radius 3 is 3.00 bits per heavy atom. The number of thiophene rings is 1. The molecule has 0 N–H and O–H groups in total. The third kappa shape index (κ3) is 2.28. The Hall–Kier alpha value is -1.68. The molecule has 0 unspecified atom stereocenters. The fraction of sp³-hybridized carbons (Fsp3) is 0.267. The van der Waals surface area contributed by atoms with Crippen LogP contribution in [-0.4, -0.2) is 17.4 Å². The summed E-state index contributed by atoms with van der Waals surface area (Å²) >= 11 is 1.75. The minimum absolute atomic E-state index is 0.00523. The topological polar surface area (TPSA) is 20.3 Å². The average molecular weight is 275 g/mol. The van der Waals surface area contributed by atoms with E-state index < -0.39 is 0 Å². The van der Waals surface area contributed by atoms with E-state index in [2.05, 4.69) is 11.4 Å². The van der Waals surface area contributed by atoms with Crippen molar-refractivity contribution in [1.82, 2.24) is 4.90 Å². The molecule has 2 heterocycles. The maximum atomic E-state index is 13.1. The largest absolute Gasteiger partial charge is 0.334 e. The Balaban J connectivity index is 1.85. The van der Waals surface area contributed by atoms with Crippen molar-refractivity contribution in [2.24, 2.45) is 0 Å². The van der Waals surface area contributed by atoms with Crippen molar-refractivity contribution < 1.29 is 9.18 Å². The smallest absolute Gasteiger partial charge is 0.254 e. The van der Waals surface area contributed by atoms with Crippen LogP contribution in [0.2, 0.25) is 0 Å². The highest BCUT2D eigenvalue weighted by Gasteiger charge is 2.23. The quantitative estimate of drug-likeness (QED) is 0.781. The molecule has 1 aromatic heterocycles. The van der Waals surface area contributed by atoms with Crippen LogP contribution in [0.5, 0.6) is 0 Å². The molecule has 0 spiro atoms. The van der Waals surface area contributed by atoms with Gasteiger partial charge in [-0.3, -0.25) is 4.79 Å². The lowest BCUT2D eigenvalue weighted by molar-refractivity contribution is 0.0735. The molecule has 0 atom stereocenters. The van der Waals surface area contributed by atoms with Gasteiger partial charge in [0.2, 0.25) is 0 Å². The summed E-state index contributed by atoms with van der Waals surface area (Å²) in [5.74, 6) is -0.304. The highest BCUT2D eigenvalue weighted by atomic mass is 32.1. The third-order valence-electron chi connectivity index (χ3n) is 3.51. The molecule has 1 amide bonds. The number of amides is 1. The first-order valence-corrected chi connectivity index (χ1v) is 7.14. The molecule has 0 aliphatic carbocycles. The Kier molecular flexibility index (Phi) is 3.11. The second kappa shape index (κ2) is 4.78. The van der Waals surface area contributed by atoms with Crippen molar-refractivity contribution in [2.75, 3.05) is 6.54 Å². The molecule has 98 valence electrons. The van der Waals surface area contributed by atoms with Gasteiger partial charge in [0.1, 0.15) is 5.82 Å². The first-order valence-electron chi connectivity index (χ1n) is 6.26. The summed E-state index contributed by atoms with van der Waals surface area (Å²) in [6.07, 6.45) is 0.916. The highest BCUT2D eigenvalue weighted by Crippen LogP contribution is 2.25. The molecular weight excluding hydrogens is 261 g/mol. The Labute approximate surface area is 115 Å². The molecular formula is C15H14FNOS. The number of rotatable bonds is 1. The van der Waals surface area contributed by atoms with Crippen LogP contribution in [0.25, 0.3) is 0 Å². The Morgan fingerprint density at radius 2 is 2.21 bits per heavy atom. The summed E-state index contributed by atoms with van der Waals surface area (Å²) in [6, 6.07) is 6.42. The monoisotopic (exact) mass is 275 g/mol. The SMILES string of the molecule is Cc1cc(F)ccc1C(=O)N1CCc2sccc2C1. The number of hydrogen-bond donors (Lipinski definition) is 0. The van der Waals surface area contributed by atoms with Gasteiger partial charge >= 0.3 is 0 Å². The summed E-state index contributed by atoms with van der Waals surface area (Å²) in [6.45, 7) is 3.17. The molecule has 2 aromatic rings. The fourth-order valence-electron chi connectivity index (χ4n) is 2.46. The molecule has 1 aliphatic rings. The molecule has 1 aliphatic heterocycles. The summed E-state index contributed by atoms with van der Waals surface area (Å²) in [7, 11) is 0. The predicted molar refractivity (Wildman–Crippen MR) is 73.9 cm³/mol. The van der Waals surface area contributed by atoms with Gasteiger partial charge < -0.3 is 4.90 Å². The van der Waals surface area contributed by atoms with Crippen LogP contribution in [0.15, 0.2) is 29.6 Å². The van der Waals surface area contributed by atoms with Gasteiger partial charge in [-0.05, 0) is 54.1 Å². The zero-order valence-corrected chi connectivity index (χ0v) is 11.5. The molecule has 0 saturated carbocycles. The molecule has 4 heteroatoms. The average Bonchev–Trinajstić information content (AvgIpc) is 2.85. The van der Waals surface area contributed by atoms with Crippen molar-refractivity contribution in [1.29, 1.82) is 0 Å². The number of carbonyl (C=O) groups excluding carboxylic acids is 1. The number of nitrogens with zero attached hydrogens (tertiary/aromatic N) is 1. The van der Waals surface area contributed by atoms with Gasteiger partial charge in [-0.2, -0.15) is 0 Å². The van der Waals surface area contributed by atoms with Gasteiger partial charge in [0.25, 0.3) is 5.91 Å². The summed E-state index contributed by atoms with van der Waals surface area (Å²) in [5, 5.41) is 2.07.